The normalized spacial score (nSPS) is 17.0. The van der Waals surface area contributed by atoms with Gasteiger partial charge in [0, 0.05) is 39.4 Å². The molecular formula is C19H25FN6O2. The number of benzene rings is 1. The molecule has 1 atom stereocenters. The fourth-order valence-electron chi connectivity index (χ4n) is 3.41. The molecule has 0 bridgehead atoms. The summed E-state index contributed by atoms with van der Waals surface area (Å²) in [6.07, 6.45) is 0. The Bertz CT molecular complexity index is 864. The minimum absolute atomic E-state index is 0.0421. The Morgan fingerprint density at radius 1 is 1.18 bits per heavy atom. The van der Waals surface area contributed by atoms with Crippen LogP contribution in [0.25, 0.3) is 0 Å². The molecule has 9 heteroatoms. The van der Waals surface area contributed by atoms with Crippen molar-refractivity contribution in [3.8, 4) is 0 Å². The molecule has 2 amide bonds. The van der Waals surface area contributed by atoms with Crippen molar-refractivity contribution < 1.29 is 14.0 Å². The molecule has 0 radical (unpaired) electrons. The molecule has 1 aliphatic rings. The lowest BCUT2D eigenvalue weighted by molar-refractivity contribution is -0.145. The maximum Gasteiger partial charge on any atom is 0.246 e. The predicted molar refractivity (Wildman–Crippen MR) is 102 cm³/mol. The topological polar surface area (TPSA) is 74.6 Å². The summed E-state index contributed by atoms with van der Waals surface area (Å²) in [5.41, 5.74) is 0.827. The predicted octanol–water partition coefficient (Wildman–Crippen LogP) is 0.840. The summed E-state index contributed by atoms with van der Waals surface area (Å²) in [5.74, 6) is 0.634. The van der Waals surface area contributed by atoms with Crippen molar-refractivity contribution in [3.63, 3.8) is 0 Å². The van der Waals surface area contributed by atoms with Gasteiger partial charge in [0.25, 0.3) is 0 Å². The number of anilines is 1. The minimum atomic E-state index is -0.619. The number of carbonyl (C=O) groups excluding carboxylic acids is 2. The van der Waals surface area contributed by atoms with Crippen molar-refractivity contribution in [2.45, 2.75) is 26.4 Å². The van der Waals surface area contributed by atoms with Crippen LogP contribution in [0.15, 0.2) is 24.3 Å². The van der Waals surface area contributed by atoms with Gasteiger partial charge in [-0.3, -0.25) is 9.59 Å². The van der Waals surface area contributed by atoms with Crippen molar-refractivity contribution in [2.24, 2.45) is 0 Å². The van der Waals surface area contributed by atoms with E-state index in [-0.39, 0.29) is 24.2 Å². The monoisotopic (exact) mass is 388 g/mol. The highest BCUT2D eigenvalue weighted by Crippen LogP contribution is 2.21. The fourth-order valence-corrected chi connectivity index (χ4v) is 3.41. The Balaban J connectivity index is 1.80. The van der Waals surface area contributed by atoms with Gasteiger partial charge in [0.1, 0.15) is 30.1 Å². The lowest BCUT2D eigenvalue weighted by Crippen LogP contribution is -2.61. The molecule has 150 valence electrons. The van der Waals surface area contributed by atoms with Crippen LogP contribution in [0.5, 0.6) is 0 Å². The van der Waals surface area contributed by atoms with E-state index in [2.05, 4.69) is 10.1 Å². The maximum absolute atomic E-state index is 13.2. The van der Waals surface area contributed by atoms with Gasteiger partial charge in [0.05, 0.1) is 0 Å². The smallest absolute Gasteiger partial charge is 0.246 e. The van der Waals surface area contributed by atoms with Gasteiger partial charge in [-0.25, -0.2) is 14.1 Å². The highest BCUT2D eigenvalue weighted by Gasteiger charge is 2.36. The first kappa shape index (κ1) is 19.8. The molecule has 0 N–H and O–H groups in total. The number of halogens is 1. The summed E-state index contributed by atoms with van der Waals surface area (Å²) in [4.78, 5) is 35.0. The molecule has 8 nitrogen and oxygen atoms in total. The number of amides is 2. The zero-order valence-corrected chi connectivity index (χ0v) is 16.6. The molecule has 1 aromatic carbocycles. The third-order valence-electron chi connectivity index (χ3n) is 4.87. The summed E-state index contributed by atoms with van der Waals surface area (Å²) in [6.45, 7) is 4.91. The summed E-state index contributed by atoms with van der Waals surface area (Å²) in [7, 11) is 3.35. The first-order valence-corrected chi connectivity index (χ1v) is 9.15. The number of aromatic nitrogens is 3. The third kappa shape index (κ3) is 4.13. The van der Waals surface area contributed by atoms with E-state index in [0.29, 0.717) is 31.3 Å². The van der Waals surface area contributed by atoms with Gasteiger partial charge in [0.2, 0.25) is 11.8 Å². The van der Waals surface area contributed by atoms with Crippen LogP contribution in [-0.2, 0) is 16.1 Å². The number of hydrogen-bond donors (Lipinski definition) is 0. The van der Waals surface area contributed by atoms with Crippen molar-refractivity contribution in [2.75, 3.05) is 38.6 Å². The molecule has 0 saturated carbocycles. The van der Waals surface area contributed by atoms with Crippen LogP contribution >= 0.6 is 0 Å². The Kier molecular flexibility index (Phi) is 5.62. The molecule has 28 heavy (non-hydrogen) atoms. The highest BCUT2D eigenvalue weighted by atomic mass is 19.1. The average Bonchev–Trinajstić information content (AvgIpc) is 2.98. The van der Waals surface area contributed by atoms with E-state index in [1.54, 1.807) is 49.7 Å². The second kappa shape index (κ2) is 7.95. The number of rotatable bonds is 4. The van der Waals surface area contributed by atoms with Crippen molar-refractivity contribution in [1.82, 2.24) is 24.6 Å². The maximum atomic E-state index is 13.2. The van der Waals surface area contributed by atoms with Crippen molar-refractivity contribution in [3.05, 3.63) is 41.7 Å². The van der Waals surface area contributed by atoms with Crippen LogP contribution in [0, 0.1) is 19.7 Å². The van der Waals surface area contributed by atoms with E-state index < -0.39 is 6.04 Å². The van der Waals surface area contributed by atoms with Crippen LogP contribution in [0.3, 0.4) is 0 Å². The Morgan fingerprint density at radius 3 is 2.43 bits per heavy atom. The van der Waals surface area contributed by atoms with Gasteiger partial charge in [-0.15, -0.1) is 0 Å². The number of likely N-dealkylation sites (N-methyl/N-ethyl adjacent to an activating group) is 1. The van der Waals surface area contributed by atoms with Crippen LogP contribution < -0.4 is 4.90 Å². The second-order valence-electron chi connectivity index (χ2n) is 7.12. The number of hydrogen-bond acceptors (Lipinski definition) is 5. The van der Waals surface area contributed by atoms with E-state index in [4.69, 9.17) is 0 Å². The van der Waals surface area contributed by atoms with Gasteiger partial charge in [-0.1, -0.05) is 0 Å². The molecule has 0 aliphatic carbocycles. The van der Waals surface area contributed by atoms with Gasteiger partial charge in [-0.05, 0) is 38.1 Å². The van der Waals surface area contributed by atoms with Gasteiger partial charge >= 0.3 is 0 Å². The summed E-state index contributed by atoms with van der Waals surface area (Å²) < 4.78 is 14.8. The molecule has 1 saturated heterocycles. The van der Waals surface area contributed by atoms with E-state index in [0.717, 1.165) is 5.69 Å². The highest BCUT2D eigenvalue weighted by molar-refractivity contribution is 5.88. The minimum Gasteiger partial charge on any atom is -0.367 e. The number of piperazine rings is 1. The molecule has 2 heterocycles. The van der Waals surface area contributed by atoms with E-state index in [1.807, 2.05) is 4.90 Å². The molecular weight excluding hydrogens is 363 g/mol. The number of nitrogens with zero attached hydrogens (tertiary/aromatic N) is 6. The van der Waals surface area contributed by atoms with Gasteiger partial charge in [-0.2, -0.15) is 5.10 Å². The molecule has 0 spiro atoms. The second-order valence-corrected chi connectivity index (χ2v) is 7.12. The van der Waals surface area contributed by atoms with Crippen LogP contribution in [0.2, 0.25) is 0 Å². The molecule has 2 aromatic rings. The van der Waals surface area contributed by atoms with E-state index >= 15 is 0 Å². The Morgan fingerprint density at radius 2 is 1.86 bits per heavy atom. The zero-order chi connectivity index (χ0) is 20.4. The molecule has 1 aliphatic heterocycles. The van der Waals surface area contributed by atoms with E-state index in [1.165, 1.54) is 17.0 Å². The lowest BCUT2D eigenvalue weighted by atomic mass is 10.1. The van der Waals surface area contributed by atoms with Crippen molar-refractivity contribution >= 4 is 17.5 Å². The molecule has 1 aromatic heterocycles. The van der Waals surface area contributed by atoms with E-state index in [9.17, 15) is 14.0 Å². The fraction of sp³-hybridized carbons (Fsp3) is 0.474. The van der Waals surface area contributed by atoms with Gasteiger partial charge in [0.15, 0.2) is 0 Å². The number of aryl methyl sites for hydroxylation is 2. The van der Waals surface area contributed by atoms with Gasteiger partial charge < -0.3 is 14.7 Å². The number of carbonyl (C=O) groups is 2. The molecule has 1 fully saturated rings. The largest absolute Gasteiger partial charge is 0.367 e. The quantitative estimate of drug-likeness (QED) is 0.776. The molecule has 1 unspecified atom stereocenters. The zero-order valence-electron chi connectivity index (χ0n) is 16.6. The van der Waals surface area contributed by atoms with Crippen LogP contribution in [0.1, 0.15) is 11.6 Å². The Labute approximate surface area is 163 Å². The third-order valence-corrected chi connectivity index (χ3v) is 4.87. The first-order valence-electron chi connectivity index (χ1n) is 9.15. The SMILES string of the molecule is Cc1nc(C)n(CC(=O)N2CCN(c3ccc(F)cc3)CC2C(=O)N(C)C)n1. The summed E-state index contributed by atoms with van der Waals surface area (Å²) in [5, 5.41) is 4.24. The average molecular weight is 388 g/mol. The summed E-state index contributed by atoms with van der Waals surface area (Å²) >= 11 is 0. The first-order chi connectivity index (χ1) is 13.3. The van der Waals surface area contributed by atoms with Crippen molar-refractivity contribution in [1.29, 1.82) is 0 Å². The standard InChI is InChI=1S/C19H25FN6O2/c1-13-21-14(2)26(22-13)12-18(27)25-10-9-24(11-17(25)19(28)23(3)4)16-7-5-15(20)6-8-16/h5-8,17H,9-12H2,1-4H3. The Hall–Kier alpha value is -2.97. The van der Waals surface area contributed by atoms with Crippen LogP contribution in [-0.4, -0.2) is 76.2 Å². The molecule has 3 rings (SSSR count). The van der Waals surface area contributed by atoms with Crippen LogP contribution in [0.4, 0.5) is 10.1 Å². The lowest BCUT2D eigenvalue weighted by Gasteiger charge is -2.42. The summed E-state index contributed by atoms with van der Waals surface area (Å²) in [6, 6.07) is 5.54.